The minimum absolute atomic E-state index is 0.0665. The summed E-state index contributed by atoms with van der Waals surface area (Å²) in [6.45, 7) is 3.05. The lowest BCUT2D eigenvalue weighted by molar-refractivity contribution is -0.107. The van der Waals surface area contributed by atoms with Gasteiger partial charge in [-0.05, 0) is 17.5 Å². The fourth-order valence-electron chi connectivity index (χ4n) is 1.40. The highest BCUT2D eigenvalue weighted by atomic mass is 19.4. The van der Waals surface area contributed by atoms with Gasteiger partial charge in [0.05, 0.1) is 5.57 Å². The van der Waals surface area contributed by atoms with Crippen molar-refractivity contribution < 1.29 is 18.0 Å². The fourth-order valence-corrected chi connectivity index (χ4v) is 1.40. The molecule has 0 heterocycles. The SMILES string of the molecule is C=C(c1ccccc1CCC=O)C(F)(F)F. The number of alkyl halides is 3. The van der Waals surface area contributed by atoms with Gasteiger partial charge in [-0.1, -0.05) is 30.8 Å². The standard InChI is InChI=1S/C12H11F3O/c1-9(12(13,14)15)11-7-3-2-5-10(11)6-4-8-16/h2-3,5,7-8H,1,4,6H2. The van der Waals surface area contributed by atoms with Gasteiger partial charge in [-0.15, -0.1) is 0 Å². The molecular weight excluding hydrogens is 217 g/mol. The van der Waals surface area contributed by atoms with Crippen molar-refractivity contribution >= 4 is 11.9 Å². The Morgan fingerprint density at radius 3 is 2.50 bits per heavy atom. The van der Waals surface area contributed by atoms with Gasteiger partial charge in [0.1, 0.15) is 6.29 Å². The van der Waals surface area contributed by atoms with Crippen LogP contribution in [0.3, 0.4) is 0 Å². The van der Waals surface area contributed by atoms with Crippen molar-refractivity contribution in [2.24, 2.45) is 0 Å². The Morgan fingerprint density at radius 2 is 1.94 bits per heavy atom. The van der Waals surface area contributed by atoms with Crippen LogP contribution < -0.4 is 0 Å². The second-order valence-electron chi connectivity index (χ2n) is 3.34. The van der Waals surface area contributed by atoms with Gasteiger partial charge >= 0.3 is 6.18 Å². The Balaban J connectivity index is 3.03. The number of aryl methyl sites for hydroxylation is 1. The Bertz CT molecular complexity index is 393. The Morgan fingerprint density at radius 1 is 1.31 bits per heavy atom. The molecule has 0 aromatic heterocycles. The maximum atomic E-state index is 12.5. The Labute approximate surface area is 91.6 Å². The van der Waals surface area contributed by atoms with Gasteiger partial charge in [0.2, 0.25) is 0 Å². The summed E-state index contributed by atoms with van der Waals surface area (Å²) in [5, 5.41) is 0. The molecule has 1 aromatic carbocycles. The summed E-state index contributed by atoms with van der Waals surface area (Å²) in [5.74, 6) is 0. The molecule has 0 aliphatic rings. The van der Waals surface area contributed by atoms with Crippen LogP contribution in [0.1, 0.15) is 17.5 Å². The van der Waals surface area contributed by atoms with Gasteiger partial charge in [-0.2, -0.15) is 13.2 Å². The zero-order valence-electron chi connectivity index (χ0n) is 8.55. The zero-order valence-corrected chi connectivity index (χ0v) is 8.55. The minimum atomic E-state index is -4.43. The molecule has 4 heteroatoms. The summed E-state index contributed by atoms with van der Waals surface area (Å²) in [7, 11) is 0. The van der Waals surface area contributed by atoms with E-state index in [1.54, 1.807) is 12.1 Å². The van der Waals surface area contributed by atoms with E-state index in [1.165, 1.54) is 12.1 Å². The number of carbonyl (C=O) groups is 1. The number of aldehydes is 1. The van der Waals surface area contributed by atoms with E-state index in [2.05, 4.69) is 6.58 Å². The van der Waals surface area contributed by atoms with Crippen LogP contribution in [-0.4, -0.2) is 12.5 Å². The molecule has 86 valence electrons. The van der Waals surface area contributed by atoms with Crippen LogP contribution in [0.2, 0.25) is 0 Å². The number of benzene rings is 1. The number of carbonyl (C=O) groups excluding carboxylic acids is 1. The summed E-state index contributed by atoms with van der Waals surface area (Å²) < 4.78 is 37.4. The summed E-state index contributed by atoms with van der Waals surface area (Å²) in [5.41, 5.74) is -0.303. The number of hydrogen-bond acceptors (Lipinski definition) is 1. The van der Waals surface area contributed by atoms with Gasteiger partial charge in [-0.3, -0.25) is 0 Å². The first kappa shape index (κ1) is 12.5. The number of hydrogen-bond donors (Lipinski definition) is 0. The number of allylic oxidation sites excluding steroid dienone is 1. The van der Waals surface area contributed by atoms with E-state index in [0.717, 1.165) is 0 Å². The molecule has 0 unspecified atom stereocenters. The van der Waals surface area contributed by atoms with E-state index in [-0.39, 0.29) is 12.0 Å². The normalized spacial score (nSPS) is 11.2. The third kappa shape index (κ3) is 2.95. The zero-order chi connectivity index (χ0) is 12.2. The first-order chi connectivity index (χ1) is 7.46. The van der Waals surface area contributed by atoms with Crippen LogP contribution in [0.4, 0.5) is 13.2 Å². The summed E-state index contributed by atoms with van der Waals surface area (Å²) in [6, 6.07) is 6.12. The number of rotatable bonds is 4. The number of halogens is 3. The van der Waals surface area contributed by atoms with Crippen molar-refractivity contribution in [3.8, 4) is 0 Å². The lowest BCUT2D eigenvalue weighted by Gasteiger charge is -2.13. The smallest absolute Gasteiger partial charge is 0.303 e. The third-order valence-corrected chi connectivity index (χ3v) is 2.22. The highest BCUT2D eigenvalue weighted by Crippen LogP contribution is 2.34. The van der Waals surface area contributed by atoms with Crippen molar-refractivity contribution in [3.05, 3.63) is 42.0 Å². The average molecular weight is 228 g/mol. The van der Waals surface area contributed by atoms with Crippen molar-refractivity contribution in [1.29, 1.82) is 0 Å². The van der Waals surface area contributed by atoms with Crippen LogP contribution in [0.15, 0.2) is 30.8 Å². The van der Waals surface area contributed by atoms with E-state index < -0.39 is 11.7 Å². The molecule has 0 fully saturated rings. The van der Waals surface area contributed by atoms with Gasteiger partial charge in [-0.25, -0.2) is 0 Å². The molecule has 0 saturated carbocycles. The molecule has 1 rings (SSSR count). The summed E-state index contributed by atoms with van der Waals surface area (Å²) in [4.78, 5) is 10.2. The maximum Gasteiger partial charge on any atom is 0.416 e. The molecule has 16 heavy (non-hydrogen) atoms. The Kier molecular flexibility index (Phi) is 3.88. The summed E-state index contributed by atoms with van der Waals surface area (Å²) in [6.07, 6.45) is -3.23. The molecule has 0 radical (unpaired) electrons. The highest BCUT2D eigenvalue weighted by Gasteiger charge is 2.33. The molecule has 1 aromatic rings. The second kappa shape index (κ2) is 4.96. The van der Waals surface area contributed by atoms with Crippen LogP contribution in [0.5, 0.6) is 0 Å². The fraction of sp³-hybridized carbons (Fsp3) is 0.250. The van der Waals surface area contributed by atoms with Crippen LogP contribution in [0.25, 0.3) is 5.57 Å². The largest absolute Gasteiger partial charge is 0.416 e. The maximum absolute atomic E-state index is 12.5. The van der Waals surface area contributed by atoms with Crippen molar-refractivity contribution in [2.75, 3.05) is 0 Å². The molecular formula is C12H11F3O. The molecule has 0 aliphatic carbocycles. The van der Waals surface area contributed by atoms with E-state index in [9.17, 15) is 18.0 Å². The molecule has 0 N–H and O–H groups in total. The predicted molar refractivity (Wildman–Crippen MR) is 55.9 cm³/mol. The predicted octanol–water partition coefficient (Wildman–Crippen LogP) is 3.39. The molecule has 0 saturated heterocycles. The van der Waals surface area contributed by atoms with Crippen LogP contribution in [-0.2, 0) is 11.2 Å². The lowest BCUT2D eigenvalue weighted by Crippen LogP contribution is -2.11. The van der Waals surface area contributed by atoms with E-state index in [0.29, 0.717) is 18.3 Å². The topological polar surface area (TPSA) is 17.1 Å². The van der Waals surface area contributed by atoms with Crippen LogP contribution in [0, 0.1) is 0 Å². The monoisotopic (exact) mass is 228 g/mol. The van der Waals surface area contributed by atoms with Gasteiger partial charge < -0.3 is 4.79 Å². The first-order valence-corrected chi connectivity index (χ1v) is 4.75. The molecule has 0 spiro atoms. The second-order valence-corrected chi connectivity index (χ2v) is 3.34. The summed E-state index contributed by atoms with van der Waals surface area (Å²) >= 11 is 0. The molecule has 1 nitrogen and oxygen atoms in total. The molecule has 0 bridgehead atoms. The molecule has 0 aliphatic heterocycles. The van der Waals surface area contributed by atoms with Crippen molar-refractivity contribution in [2.45, 2.75) is 19.0 Å². The van der Waals surface area contributed by atoms with Gasteiger partial charge in [0.15, 0.2) is 0 Å². The van der Waals surface area contributed by atoms with E-state index >= 15 is 0 Å². The first-order valence-electron chi connectivity index (χ1n) is 4.75. The van der Waals surface area contributed by atoms with Crippen molar-refractivity contribution in [1.82, 2.24) is 0 Å². The van der Waals surface area contributed by atoms with Gasteiger partial charge in [0.25, 0.3) is 0 Å². The van der Waals surface area contributed by atoms with Crippen LogP contribution >= 0.6 is 0 Å². The Hall–Kier alpha value is -1.58. The van der Waals surface area contributed by atoms with E-state index in [1.807, 2.05) is 0 Å². The quantitative estimate of drug-likeness (QED) is 0.722. The van der Waals surface area contributed by atoms with Crippen molar-refractivity contribution in [3.63, 3.8) is 0 Å². The highest BCUT2D eigenvalue weighted by molar-refractivity contribution is 5.70. The minimum Gasteiger partial charge on any atom is -0.303 e. The lowest BCUT2D eigenvalue weighted by atomic mass is 9.97. The molecule has 0 atom stereocenters. The van der Waals surface area contributed by atoms with Gasteiger partial charge in [0, 0.05) is 6.42 Å². The average Bonchev–Trinajstić information content (AvgIpc) is 2.24. The van der Waals surface area contributed by atoms with E-state index in [4.69, 9.17) is 0 Å². The third-order valence-electron chi connectivity index (χ3n) is 2.22. The molecule has 0 amide bonds.